The van der Waals surface area contributed by atoms with Crippen LogP contribution in [0.3, 0.4) is 0 Å². The van der Waals surface area contributed by atoms with Gasteiger partial charge in [-0.25, -0.2) is 4.98 Å². The number of rotatable bonds is 3. The third-order valence-electron chi connectivity index (χ3n) is 3.93. The van der Waals surface area contributed by atoms with Gasteiger partial charge in [0.05, 0.1) is 25.2 Å². The Labute approximate surface area is 140 Å². The molecule has 1 aromatic heterocycles. The van der Waals surface area contributed by atoms with Crippen LogP contribution in [0.5, 0.6) is 5.75 Å². The van der Waals surface area contributed by atoms with E-state index in [4.69, 9.17) is 16.3 Å². The van der Waals surface area contributed by atoms with Crippen LogP contribution in [-0.2, 0) is 0 Å². The van der Waals surface area contributed by atoms with E-state index in [1.54, 1.807) is 31.5 Å². The molecule has 1 amide bonds. The monoisotopic (exact) mass is 331 g/mol. The van der Waals surface area contributed by atoms with Gasteiger partial charge in [0.15, 0.2) is 0 Å². The molecule has 2 heterocycles. The van der Waals surface area contributed by atoms with Crippen molar-refractivity contribution in [2.75, 3.05) is 20.2 Å². The van der Waals surface area contributed by atoms with Crippen molar-refractivity contribution in [1.29, 1.82) is 0 Å². The van der Waals surface area contributed by atoms with Crippen molar-refractivity contribution in [3.05, 3.63) is 41.3 Å². The number of benzene rings is 1. The zero-order chi connectivity index (χ0) is 16.2. The Kier molecular flexibility index (Phi) is 4.76. The maximum Gasteiger partial charge on any atom is 0.274 e. The minimum Gasteiger partial charge on any atom is -0.496 e. The quantitative estimate of drug-likeness (QED) is 0.864. The van der Waals surface area contributed by atoms with Crippen molar-refractivity contribution in [2.24, 2.45) is 0 Å². The third-order valence-corrected chi connectivity index (χ3v) is 4.17. The van der Waals surface area contributed by atoms with E-state index in [2.05, 4.69) is 9.97 Å². The van der Waals surface area contributed by atoms with Crippen LogP contribution in [0.2, 0.25) is 5.02 Å². The van der Waals surface area contributed by atoms with E-state index in [-0.39, 0.29) is 5.91 Å². The van der Waals surface area contributed by atoms with Gasteiger partial charge in [0.1, 0.15) is 11.4 Å². The van der Waals surface area contributed by atoms with Crippen LogP contribution >= 0.6 is 11.6 Å². The summed E-state index contributed by atoms with van der Waals surface area (Å²) in [6, 6.07) is 5.29. The molecule has 0 spiro atoms. The molecule has 1 aromatic carbocycles. The van der Waals surface area contributed by atoms with E-state index in [1.165, 1.54) is 12.6 Å². The first-order valence-electron chi connectivity index (χ1n) is 7.64. The maximum atomic E-state index is 12.6. The normalized spacial score (nSPS) is 14.6. The molecule has 0 unspecified atom stereocenters. The molecule has 1 aliphatic rings. The number of carbonyl (C=O) groups excluding carboxylic acids is 1. The lowest BCUT2D eigenvalue weighted by Gasteiger charge is -2.26. The summed E-state index contributed by atoms with van der Waals surface area (Å²) >= 11 is 6.07. The molecule has 0 radical (unpaired) electrons. The zero-order valence-electron chi connectivity index (χ0n) is 13.0. The number of carbonyl (C=O) groups is 1. The molecule has 120 valence electrons. The molecule has 0 atom stereocenters. The number of hydrogen-bond acceptors (Lipinski definition) is 4. The van der Waals surface area contributed by atoms with Gasteiger partial charge in [-0.15, -0.1) is 0 Å². The summed E-state index contributed by atoms with van der Waals surface area (Å²) in [5, 5.41) is 0.579. The largest absolute Gasteiger partial charge is 0.496 e. The number of methoxy groups -OCH3 is 1. The Morgan fingerprint density at radius 2 is 2.00 bits per heavy atom. The van der Waals surface area contributed by atoms with Gasteiger partial charge in [0.25, 0.3) is 5.91 Å². The SMILES string of the molecule is COc1ccc(Cl)cc1-c1cncc(C(=O)N2CCCCC2)n1. The Bertz CT molecular complexity index is 715. The van der Waals surface area contributed by atoms with Gasteiger partial charge in [-0.05, 0) is 37.5 Å². The molecule has 5 nitrogen and oxygen atoms in total. The smallest absolute Gasteiger partial charge is 0.274 e. The summed E-state index contributed by atoms with van der Waals surface area (Å²) in [5.41, 5.74) is 1.65. The summed E-state index contributed by atoms with van der Waals surface area (Å²) in [5.74, 6) is 0.575. The fourth-order valence-corrected chi connectivity index (χ4v) is 2.91. The highest BCUT2D eigenvalue weighted by molar-refractivity contribution is 6.30. The van der Waals surface area contributed by atoms with Gasteiger partial charge < -0.3 is 9.64 Å². The van der Waals surface area contributed by atoms with Crippen LogP contribution in [0.15, 0.2) is 30.6 Å². The molecule has 1 saturated heterocycles. The first-order chi connectivity index (χ1) is 11.2. The number of nitrogens with zero attached hydrogens (tertiary/aromatic N) is 3. The number of hydrogen-bond donors (Lipinski definition) is 0. The van der Waals surface area contributed by atoms with Crippen molar-refractivity contribution in [3.63, 3.8) is 0 Å². The van der Waals surface area contributed by atoms with Gasteiger partial charge in [-0.3, -0.25) is 9.78 Å². The highest BCUT2D eigenvalue weighted by Crippen LogP contribution is 2.31. The molecule has 23 heavy (non-hydrogen) atoms. The Morgan fingerprint density at radius 3 is 2.74 bits per heavy atom. The number of piperidine rings is 1. The molecule has 2 aromatic rings. The fourth-order valence-electron chi connectivity index (χ4n) is 2.74. The van der Waals surface area contributed by atoms with Crippen molar-refractivity contribution < 1.29 is 9.53 Å². The molecular weight excluding hydrogens is 314 g/mol. The minimum atomic E-state index is -0.0694. The summed E-state index contributed by atoms with van der Waals surface area (Å²) in [6.07, 6.45) is 6.38. The van der Waals surface area contributed by atoms with E-state index in [9.17, 15) is 4.79 Å². The standard InChI is InChI=1S/C17H18ClN3O2/c1-23-16-6-5-12(18)9-13(16)14-10-19-11-15(20-14)17(22)21-7-3-2-4-8-21/h5-6,9-11H,2-4,7-8H2,1H3. The van der Waals surface area contributed by atoms with E-state index in [0.717, 1.165) is 31.5 Å². The number of halogens is 1. The topological polar surface area (TPSA) is 55.3 Å². The predicted octanol–water partition coefficient (Wildman–Crippen LogP) is 3.43. The van der Waals surface area contributed by atoms with E-state index >= 15 is 0 Å². The number of amides is 1. The van der Waals surface area contributed by atoms with Gasteiger partial charge in [0.2, 0.25) is 0 Å². The molecule has 6 heteroatoms. The molecule has 0 aliphatic carbocycles. The summed E-state index contributed by atoms with van der Waals surface area (Å²) in [6.45, 7) is 1.57. The highest BCUT2D eigenvalue weighted by atomic mass is 35.5. The molecule has 0 N–H and O–H groups in total. The van der Waals surface area contributed by atoms with Crippen LogP contribution in [0.25, 0.3) is 11.3 Å². The predicted molar refractivity (Wildman–Crippen MR) is 88.8 cm³/mol. The summed E-state index contributed by atoms with van der Waals surface area (Å²) in [4.78, 5) is 23.1. The molecule has 0 bridgehead atoms. The van der Waals surface area contributed by atoms with Gasteiger partial charge >= 0.3 is 0 Å². The zero-order valence-corrected chi connectivity index (χ0v) is 13.7. The Hall–Kier alpha value is -2.14. The maximum absolute atomic E-state index is 12.6. The molecule has 3 rings (SSSR count). The Morgan fingerprint density at radius 1 is 1.22 bits per heavy atom. The van der Waals surface area contributed by atoms with Crippen molar-refractivity contribution in [1.82, 2.24) is 14.9 Å². The van der Waals surface area contributed by atoms with Crippen molar-refractivity contribution in [3.8, 4) is 17.0 Å². The fraction of sp³-hybridized carbons (Fsp3) is 0.353. The van der Waals surface area contributed by atoms with Crippen LogP contribution in [0.1, 0.15) is 29.8 Å². The van der Waals surface area contributed by atoms with Crippen LogP contribution in [-0.4, -0.2) is 41.0 Å². The number of ether oxygens (including phenoxy) is 1. The summed E-state index contributed by atoms with van der Waals surface area (Å²) < 4.78 is 5.35. The average molecular weight is 332 g/mol. The third kappa shape index (κ3) is 3.45. The van der Waals surface area contributed by atoms with Crippen molar-refractivity contribution >= 4 is 17.5 Å². The van der Waals surface area contributed by atoms with Crippen molar-refractivity contribution in [2.45, 2.75) is 19.3 Å². The second-order valence-electron chi connectivity index (χ2n) is 5.49. The molecule has 1 fully saturated rings. The van der Waals surface area contributed by atoms with E-state index < -0.39 is 0 Å². The highest BCUT2D eigenvalue weighted by Gasteiger charge is 2.20. The molecule has 0 saturated carbocycles. The van der Waals surface area contributed by atoms with Crippen LogP contribution in [0, 0.1) is 0 Å². The second-order valence-corrected chi connectivity index (χ2v) is 5.92. The van der Waals surface area contributed by atoms with E-state index in [1.807, 2.05) is 4.90 Å². The van der Waals surface area contributed by atoms with E-state index in [0.29, 0.717) is 22.2 Å². The van der Waals surface area contributed by atoms with Gasteiger partial charge in [0, 0.05) is 23.7 Å². The lowest BCUT2D eigenvalue weighted by Crippen LogP contribution is -2.36. The van der Waals surface area contributed by atoms with Crippen LogP contribution < -0.4 is 4.74 Å². The molecule has 1 aliphatic heterocycles. The van der Waals surface area contributed by atoms with Gasteiger partial charge in [-0.2, -0.15) is 0 Å². The second kappa shape index (κ2) is 6.96. The molecular formula is C17H18ClN3O2. The van der Waals surface area contributed by atoms with Gasteiger partial charge in [-0.1, -0.05) is 11.6 Å². The first-order valence-corrected chi connectivity index (χ1v) is 8.02. The minimum absolute atomic E-state index is 0.0694. The summed E-state index contributed by atoms with van der Waals surface area (Å²) in [7, 11) is 1.59. The number of aromatic nitrogens is 2. The number of likely N-dealkylation sites (tertiary alicyclic amines) is 1. The average Bonchev–Trinajstić information content (AvgIpc) is 2.62. The lowest BCUT2D eigenvalue weighted by atomic mass is 10.1. The lowest BCUT2D eigenvalue weighted by molar-refractivity contribution is 0.0718. The Balaban J connectivity index is 1.93. The van der Waals surface area contributed by atoms with Crippen LogP contribution in [0.4, 0.5) is 0 Å². The first kappa shape index (κ1) is 15.7.